The normalized spacial score (nSPS) is 14.8. The van der Waals surface area contributed by atoms with Crippen molar-refractivity contribution >= 4 is 11.8 Å². The summed E-state index contributed by atoms with van der Waals surface area (Å²) in [5.74, 6) is -0.534. The monoisotopic (exact) mass is 394 g/mol. The first-order valence-electron chi connectivity index (χ1n) is 8.73. The Morgan fingerprint density at radius 1 is 1.18 bits per heavy atom. The van der Waals surface area contributed by atoms with E-state index >= 15 is 0 Å². The van der Waals surface area contributed by atoms with Gasteiger partial charge in [-0.1, -0.05) is 0 Å². The molecular formula is C19H20F2N2O5. The van der Waals surface area contributed by atoms with Crippen molar-refractivity contribution in [3.63, 3.8) is 0 Å². The summed E-state index contributed by atoms with van der Waals surface area (Å²) >= 11 is 0. The fourth-order valence-electron chi connectivity index (χ4n) is 3.07. The van der Waals surface area contributed by atoms with Crippen LogP contribution in [0.2, 0.25) is 0 Å². The van der Waals surface area contributed by atoms with Gasteiger partial charge >= 0.3 is 6.61 Å². The largest absolute Gasteiger partial charge is 0.493 e. The Morgan fingerprint density at radius 2 is 1.93 bits per heavy atom. The Bertz CT molecular complexity index is 818. The molecule has 2 amide bonds. The van der Waals surface area contributed by atoms with Crippen molar-refractivity contribution in [2.75, 3.05) is 20.2 Å². The molecule has 2 heterocycles. The lowest BCUT2D eigenvalue weighted by Crippen LogP contribution is -2.46. The van der Waals surface area contributed by atoms with Crippen LogP contribution in [0.5, 0.6) is 11.5 Å². The van der Waals surface area contributed by atoms with Gasteiger partial charge in [-0.2, -0.15) is 8.78 Å². The molecule has 0 saturated carbocycles. The molecular weight excluding hydrogens is 374 g/mol. The molecule has 0 aliphatic carbocycles. The second-order valence-corrected chi connectivity index (χ2v) is 6.30. The molecule has 9 heteroatoms. The van der Waals surface area contributed by atoms with Crippen LogP contribution in [0.1, 0.15) is 33.6 Å². The number of amides is 2. The van der Waals surface area contributed by atoms with E-state index < -0.39 is 6.61 Å². The lowest BCUT2D eigenvalue weighted by Gasteiger charge is -2.32. The molecule has 0 radical (unpaired) electrons. The number of rotatable bonds is 6. The summed E-state index contributed by atoms with van der Waals surface area (Å²) in [6.07, 6.45) is 4.08. The fourth-order valence-corrected chi connectivity index (χ4v) is 3.07. The highest BCUT2D eigenvalue weighted by atomic mass is 19.3. The molecule has 0 bridgehead atoms. The second kappa shape index (κ2) is 8.73. The quantitative estimate of drug-likeness (QED) is 0.815. The highest BCUT2D eigenvalue weighted by Crippen LogP contribution is 2.29. The number of hydrogen-bond acceptors (Lipinski definition) is 5. The van der Waals surface area contributed by atoms with E-state index in [1.807, 2.05) is 0 Å². The summed E-state index contributed by atoms with van der Waals surface area (Å²) in [4.78, 5) is 26.5. The smallest absolute Gasteiger partial charge is 0.387 e. The van der Waals surface area contributed by atoms with Crippen LogP contribution in [0.25, 0.3) is 0 Å². The molecule has 1 saturated heterocycles. The maximum atomic E-state index is 12.5. The number of benzene rings is 1. The van der Waals surface area contributed by atoms with Crippen molar-refractivity contribution in [1.82, 2.24) is 10.2 Å². The van der Waals surface area contributed by atoms with Gasteiger partial charge in [-0.25, -0.2) is 0 Å². The maximum Gasteiger partial charge on any atom is 0.387 e. The molecule has 1 aliphatic rings. The van der Waals surface area contributed by atoms with E-state index in [-0.39, 0.29) is 34.9 Å². The summed E-state index contributed by atoms with van der Waals surface area (Å²) in [7, 11) is 1.31. The Morgan fingerprint density at radius 3 is 2.54 bits per heavy atom. The van der Waals surface area contributed by atoms with Gasteiger partial charge in [0.1, 0.15) is 6.26 Å². The molecule has 0 unspecified atom stereocenters. The third kappa shape index (κ3) is 4.59. The van der Waals surface area contributed by atoms with Gasteiger partial charge in [0, 0.05) is 24.7 Å². The number of nitrogens with zero attached hydrogens (tertiary/aromatic N) is 1. The minimum Gasteiger partial charge on any atom is -0.493 e. The Balaban J connectivity index is 1.56. The number of carbonyl (C=O) groups excluding carboxylic acids is 2. The number of hydrogen-bond donors (Lipinski definition) is 1. The molecule has 1 aliphatic heterocycles. The zero-order chi connectivity index (χ0) is 20.1. The van der Waals surface area contributed by atoms with E-state index in [1.54, 1.807) is 11.0 Å². The van der Waals surface area contributed by atoms with Gasteiger partial charge in [0.25, 0.3) is 11.8 Å². The van der Waals surface area contributed by atoms with E-state index in [2.05, 4.69) is 10.1 Å². The molecule has 3 rings (SSSR count). The van der Waals surface area contributed by atoms with Crippen molar-refractivity contribution in [2.45, 2.75) is 25.5 Å². The number of piperidine rings is 1. The molecule has 28 heavy (non-hydrogen) atoms. The number of furan rings is 1. The van der Waals surface area contributed by atoms with Gasteiger partial charge in [-0.3, -0.25) is 9.59 Å². The van der Waals surface area contributed by atoms with E-state index in [0.717, 1.165) is 0 Å². The number of methoxy groups -OCH3 is 1. The van der Waals surface area contributed by atoms with Gasteiger partial charge in [0.15, 0.2) is 11.5 Å². The Hall–Kier alpha value is -3.10. The summed E-state index contributed by atoms with van der Waals surface area (Å²) < 4.78 is 39.1. The summed E-state index contributed by atoms with van der Waals surface area (Å²) in [5, 5.41) is 2.90. The average molecular weight is 394 g/mol. The maximum absolute atomic E-state index is 12.5. The van der Waals surface area contributed by atoms with Crippen LogP contribution in [0.3, 0.4) is 0 Å². The molecule has 1 aromatic heterocycles. The molecule has 0 atom stereocenters. The van der Waals surface area contributed by atoms with Crippen molar-refractivity contribution in [1.29, 1.82) is 0 Å². The van der Waals surface area contributed by atoms with Gasteiger partial charge in [0.2, 0.25) is 0 Å². The van der Waals surface area contributed by atoms with Crippen LogP contribution in [-0.2, 0) is 0 Å². The molecule has 7 nitrogen and oxygen atoms in total. The minimum atomic E-state index is -2.98. The van der Waals surface area contributed by atoms with Crippen LogP contribution in [0.4, 0.5) is 8.78 Å². The predicted molar refractivity (Wildman–Crippen MR) is 94.7 cm³/mol. The van der Waals surface area contributed by atoms with Gasteiger partial charge in [-0.05, 0) is 37.1 Å². The third-order valence-corrected chi connectivity index (χ3v) is 4.53. The van der Waals surface area contributed by atoms with Gasteiger partial charge in [-0.15, -0.1) is 0 Å². The number of alkyl halides is 2. The number of likely N-dealkylation sites (tertiary alicyclic amines) is 1. The highest BCUT2D eigenvalue weighted by Gasteiger charge is 2.25. The van der Waals surface area contributed by atoms with Crippen LogP contribution in [0, 0.1) is 0 Å². The first kappa shape index (κ1) is 19.7. The van der Waals surface area contributed by atoms with E-state index in [1.165, 1.54) is 37.8 Å². The van der Waals surface area contributed by atoms with Crippen LogP contribution in [0.15, 0.2) is 41.2 Å². The van der Waals surface area contributed by atoms with Gasteiger partial charge in [0.05, 0.1) is 18.9 Å². The lowest BCUT2D eigenvalue weighted by molar-refractivity contribution is -0.0512. The van der Waals surface area contributed by atoms with Crippen molar-refractivity contribution in [3.05, 3.63) is 47.9 Å². The summed E-state index contributed by atoms with van der Waals surface area (Å²) in [6.45, 7) is -1.96. The lowest BCUT2D eigenvalue weighted by atomic mass is 10.0. The molecule has 1 aromatic carbocycles. The first-order valence-corrected chi connectivity index (χ1v) is 8.73. The van der Waals surface area contributed by atoms with Crippen LogP contribution >= 0.6 is 0 Å². The van der Waals surface area contributed by atoms with E-state index in [0.29, 0.717) is 31.5 Å². The fraction of sp³-hybridized carbons (Fsp3) is 0.368. The number of carbonyl (C=O) groups is 2. The van der Waals surface area contributed by atoms with E-state index in [9.17, 15) is 18.4 Å². The molecule has 0 spiro atoms. The predicted octanol–water partition coefficient (Wildman–Crippen LogP) is 2.92. The Labute approximate surface area is 160 Å². The van der Waals surface area contributed by atoms with E-state index in [4.69, 9.17) is 9.15 Å². The van der Waals surface area contributed by atoms with Crippen LogP contribution in [-0.4, -0.2) is 49.6 Å². The average Bonchev–Trinajstić information content (AvgIpc) is 3.22. The summed E-state index contributed by atoms with van der Waals surface area (Å²) in [5.41, 5.74) is 0.774. The minimum absolute atomic E-state index is 0.0495. The molecule has 2 aromatic rings. The molecule has 1 N–H and O–H groups in total. The van der Waals surface area contributed by atoms with Crippen LogP contribution < -0.4 is 14.8 Å². The number of nitrogens with one attached hydrogen (secondary N) is 1. The van der Waals surface area contributed by atoms with Gasteiger partial charge < -0.3 is 24.1 Å². The first-order chi connectivity index (χ1) is 13.5. The van der Waals surface area contributed by atoms with Crippen molar-refractivity contribution in [2.24, 2.45) is 0 Å². The highest BCUT2D eigenvalue weighted by molar-refractivity contribution is 5.95. The SMILES string of the molecule is COc1cc(C(=O)NC2CCN(C(=O)c3ccoc3)CC2)ccc1OC(F)F. The standard InChI is InChI=1S/C19H20F2N2O5/c1-26-16-10-12(2-3-15(16)28-19(20)21)17(24)22-14-4-7-23(8-5-14)18(25)13-6-9-27-11-13/h2-3,6,9-11,14,19H,4-5,7-8H2,1H3,(H,22,24). The molecule has 150 valence electrons. The zero-order valence-electron chi connectivity index (χ0n) is 15.2. The zero-order valence-corrected chi connectivity index (χ0v) is 15.2. The second-order valence-electron chi connectivity index (χ2n) is 6.30. The summed E-state index contributed by atoms with van der Waals surface area (Å²) in [6, 6.07) is 5.54. The third-order valence-electron chi connectivity index (χ3n) is 4.53. The number of ether oxygens (including phenoxy) is 2. The number of halogens is 2. The molecule has 1 fully saturated rings. The van der Waals surface area contributed by atoms with Crippen molar-refractivity contribution < 1.29 is 32.3 Å². The topological polar surface area (TPSA) is 81.0 Å². The Kier molecular flexibility index (Phi) is 6.13. The van der Waals surface area contributed by atoms with Crippen molar-refractivity contribution in [3.8, 4) is 11.5 Å².